The van der Waals surface area contributed by atoms with Crippen LogP contribution in [0.1, 0.15) is 6.42 Å². The molecule has 0 spiro atoms. The molecule has 0 atom stereocenters. The first kappa shape index (κ1) is 17.5. The summed E-state index contributed by atoms with van der Waals surface area (Å²) in [6, 6.07) is 0.781. The minimum Gasteiger partial charge on any atom is -0.377 e. The number of hydrogen-bond donors (Lipinski definition) is 1. The van der Waals surface area contributed by atoms with Gasteiger partial charge in [0.2, 0.25) is 0 Å². The standard InChI is InChI=1S/C11H27N3O3Si/c1-13(2)11(14(3)4)12-9-8-10-18(15-5,16-6)17-7/h8-10H2,1-7H3/p+1. The Balaban J connectivity index is 4.29. The summed E-state index contributed by atoms with van der Waals surface area (Å²) >= 11 is 0. The van der Waals surface area contributed by atoms with Crippen molar-refractivity contribution in [2.45, 2.75) is 12.5 Å². The molecule has 0 saturated heterocycles. The molecule has 0 aliphatic rings. The number of guanidine groups is 1. The lowest BCUT2D eigenvalue weighted by Crippen LogP contribution is -3.10. The normalized spacial score (nSPS) is 13.2. The molecule has 0 aliphatic carbocycles. The van der Waals surface area contributed by atoms with Crippen LogP contribution >= 0.6 is 0 Å². The smallest absolute Gasteiger partial charge is 0.377 e. The molecule has 0 unspecified atom stereocenters. The molecule has 1 N–H and O–H groups in total. The highest BCUT2D eigenvalue weighted by Crippen LogP contribution is 2.14. The average molecular weight is 278 g/mol. The number of nitrogens with zero attached hydrogens (tertiary/aromatic N) is 2. The van der Waals surface area contributed by atoms with E-state index in [-0.39, 0.29) is 0 Å². The topological polar surface area (TPSA) is 47.7 Å². The van der Waals surface area contributed by atoms with E-state index in [9.17, 15) is 0 Å². The van der Waals surface area contributed by atoms with Gasteiger partial charge in [-0.25, -0.2) is 4.99 Å². The number of hydrogen-bond acceptors (Lipinski definition) is 4. The van der Waals surface area contributed by atoms with E-state index >= 15 is 0 Å². The second-order valence-electron chi connectivity index (χ2n) is 4.50. The largest absolute Gasteiger partial charge is 0.500 e. The van der Waals surface area contributed by atoms with E-state index in [1.54, 1.807) is 21.3 Å². The molecule has 0 aliphatic heterocycles. The number of quaternary nitrogens is 1. The Bertz CT molecular complexity index is 238. The van der Waals surface area contributed by atoms with Gasteiger partial charge in [-0.2, -0.15) is 0 Å². The second kappa shape index (κ2) is 8.60. The zero-order valence-electron chi connectivity index (χ0n) is 12.7. The minimum absolute atomic E-state index is 0.753. The Hall–Kier alpha value is -0.473. The predicted octanol–water partition coefficient (Wildman–Crippen LogP) is -0.683. The predicted molar refractivity (Wildman–Crippen MR) is 75.0 cm³/mol. The highest BCUT2D eigenvalue weighted by molar-refractivity contribution is 6.60. The number of rotatable bonds is 7. The number of nitrogens with one attached hydrogen (secondary N) is 1. The lowest BCUT2D eigenvalue weighted by atomic mass is 10.5. The van der Waals surface area contributed by atoms with Crippen LogP contribution in [0, 0.1) is 0 Å². The van der Waals surface area contributed by atoms with Crippen LogP contribution < -0.4 is 4.90 Å². The zero-order valence-corrected chi connectivity index (χ0v) is 13.7. The summed E-state index contributed by atoms with van der Waals surface area (Å²) in [7, 11) is 10.6. The molecule has 0 bridgehead atoms. The maximum absolute atomic E-state index is 5.37. The maximum atomic E-state index is 5.37. The molecule has 6 nitrogen and oxygen atoms in total. The van der Waals surface area contributed by atoms with Crippen molar-refractivity contribution in [3.05, 3.63) is 0 Å². The Kier molecular flexibility index (Phi) is 8.37. The summed E-state index contributed by atoms with van der Waals surface area (Å²) in [5, 5.41) is 0. The van der Waals surface area contributed by atoms with Crippen LogP contribution in [0.4, 0.5) is 0 Å². The maximum Gasteiger partial charge on any atom is 0.500 e. The third-order valence-corrected chi connectivity index (χ3v) is 5.54. The van der Waals surface area contributed by atoms with Gasteiger partial charge in [0.05, 0.1) is 14.1 Å². The van der Waals surface area contributed by atoms with Gasteiger partial charge in [0.25, 0.3) is 5.96 Å². The summed E-state index contributed by atoms with van der Waals surface area (Å²) in [6.07, 6.45) is 0.895. The molecule has 108 valence electrons. The lowest BCUT2D eigenvalue weighted by molar-refractivity contribution is -0.764. The average Bonchev–Trinajstić information content (AvgIpc) is 2.33. The van der Waals surface area contributed by atoms with Crippen molar-refractivity contribution in [2.24, 2.45) is 4.99 Å². The third-order valence-electron chi connectivity index (χ3n) is 2.71. The van der Waals surface area contributed by atoms with E-state index in [1.165, 1.54) is 4.90 Å². The van der Waals surface area contributed by atoms with E-state index < -0.39 is 8.80 Å². The van der Waals surface area contributed by atoms with Gasteiger partial charge >= 0.3 is 8.80 Å². The van der Waals surface area contributed by atoms with Crippen molar-refractivity contribution in [3.8, 4) is 0 Å². The first-order valence-electron chi connectivity index (χ1n) is 6.10. The molecule has 0 fully saturated rings. The minimum atomic E-state index is -2.43. The van der Waals surface area contributed by atoms with Gasteiger partial charge in [-0.1, -0.05) is 0 Å². The fourth-order valence-corrected chi connectivity index (χ4v) is 3.49. The van der Waals surface area contributed by atoms with E-state index in [0.717, 1.165) is 25.0 Å². The summed E-state index contributed by atoms with van der Waals surface area (Å²) in [4.78, 5) is 7.84. The van der Waals surface area contributed by atoms with Crippen molar-refractivity contribution in [2.75, 3.05) is 56.1 Å². The zero-order chi connectivity index (χ0) is 14.2. The summed E-state index contributed by atoms with van der Waals surface area (Å²) in [5.41, 5.74) is 0. The SMILES string of the molecule is CO[Si](CCCN=C(N(C)C)[NH+](C)C)(OC)OC. The van der Waals surface area contributed by atoms with Gasteiger partial charge in [-0.05, 0) is 6.42 Å². The fraction of sp³-hybridized carbons (Fsp3) is 0.909. The highest BCUT2D eigenvalue weighted by atomic mass is 28.4. The third kappa shape index (κ3) is 5.45. The molecule has 18 heavy (non-hydrogen) atoms. The molecule has 0 saturated carbocycles. The molecule has 0 amide bonds. The van der Waals surface area contributed by atoms with E-state index in [0.29, 0.717) is 0 Å². The molecular weight excluding hydrogens is 250 g/mol. The van der Waals surface area contributed by atoms with Gasteiger partial charge < -0.3 is 18.2 Å². The van der Waals surface area contributed by atoms with Gasteiger partial charge in [0.1, 0.15) is 0 Å². The van der Waals surface area contributed by atoms with Crippen molar-refractivity contribution in [1.29, 1.82) is 0 Å². The highest BCUT2D eigenvalue weighted by Gasteiger charge is 2.36. The Labute approximate surface area is 112 Å². The first-order chi connectivity index (χ1) is 8.42. The molecule has 0 rings (SSSR count). The van der Waals surface area contributed by atoms with Crippen molar-refractivity contribution < 1.29 is 18.2 Å². The van der Waals surface area contributed by atoms with Crippen LogP contribution in [0.5, 0.6) is 0 Å². The second-order valence-corrected chi connectivity index (χ2v) is 7.59. The van der Waals surface area contributed by atoms with Crippen LogP contribution in [0.2, 0.25) is 6.04 Å². The van der Waals surface area contributed by atoms with Crippen LogP contribution in [0.25, 0.3) is 0 Å². The van der Waals surface area contributed by atoms with E-state index in [2.05, 4.69) is 19.1 Å². The summed E-state index contributed by atoms with van der Waals surface area (Å²) in [6.45, 7) is 0.753. The first-order valence-corrected chi connectivity index (χ1v) is 8.03. The van der Waals surface area contributed by atoms with Crippen molar-refractivity contribution in [1.82, 2.24) is 4.90 Å². The van der Waals surface area contributed by atoms with Gasteiger partial charge in [-0.3, -0.25) is 4.90 Å². The molecule has 7 heteroatoms. The van der Waals surface area contributed by atoms with Gasteiger partial charge in [-0.15, -0.1) is 0 Å². The van der Waals surface area contributed by atoms with Crippen molar-refractivity contribution in [3.63, 3.8) is 0 Å². The van der Waals surface area contributed by atoms with Crippen LogP contribution in [0.3, 0.4) is 0 Å². The molecule has 0 heterocycles. The Morgan fingerprint density at radius 3 is 1.94 bits per heavy atom. The van der Waals surface area contributed by atoms with E-state index in [4.69, 9.17) is 13.3 Å². The van der Waals surface area contributed by atoms with Crippen LogP contribution in [-0.2, 0) is 13.3 Å². The summed E-state index contributed by atoms with van der Waals surface area (Å²) in [5.74, 6) is 1.04. The molecule has 0 radical (unpaired) electrons. The van der Waals surface area contributed by atoms with Gasteiger partial charge in [0, 0.05) is 48.0 Å². The fourth-order valence-electron chi connectivity index (χ4n) is 1.78. The molecule has 0 aromatic carbocycles. The van der Waals surface area contributed by atoms with Gasteiger partial charge in [0.15, 0.2) is 0 Å². The quantitative estimate of drug-likeness (QED) is 0.290. The molecular formula is C11H28N3O3Si+. The Morgan fingerprint density at radius 1 is 1.11 bits per heavy atom. The molecule has 0 aromatic rings. The van der Waals surface area contributed by atoms with E-state index in [1.807, 2.05) is 19.0 Å². The lowest BCUT2D eigenvalue weighted by Gasteiger charge is -2.24. The Morgan fingerprint density at radius 2 is 1.61 bits per heavy atom. The van der Waals surface area contributed by atoms with Crippen LogP contribution in [-0.4, -0.2) is 75.7 Å². The molecule has 0 aromatic heterocycles. The monoisotopic (exact) mass is 278 g/mol. The number of aliphatic imine (C=N–C) groups is 1. The van der Waals surface area contributed by atoms with Crippen LogP contribution in [0.15, 0.2) is 4.99 Å². The van der Waals surface area contributed by atoms with Crippen molar-refractivity contribution >= 4 is 14.8 Å². The summed E-state index contributed by atoms with van der Waals surface area (Å²) < 4.78 is 16.1.